The zero-order chi connectivity index (χ0) is 19.4. The summed E-state index contributed by atoms with van der Waals surface area (Å²) in [5, 5.41) is 2.74. The van der Waals surface area contributed by atoms with Crippen LogP contribution in [0.4, 0.5) is 5.69 Å². The van der Waals surface area contributed by atoms with Gasteiger partial charge in [-0.25, -0.2) is 13.4 Å². The van der Waals surface area contributed by atoms with Gasteiger partial charge in [0.15, 0.2) is 12.2 Å². The Balaban J connectivity index is 1.83. The fraction of sp³-hybridized carbons (Fsp3) is 0.111. The lowest BCUT2D eigenvalue weighted by Crippen LogP contribution is -2.26. The minimum Gasteiger partial charge on any atom is -0.444 e. The lowest BCUT2D eigenvalue weighted by Gasteiger charge is -2.14. The molecular weight excluding hydrogens is 370 g/mol. The van der Waals surface area contributed by atoms with Crippen LogP contribution in [0, 0.1) is 0 Å². The minimum atomic E-state index is -3.84. The highest BCUT2D eigenvalue weighted by Gasteiger charge is 2.22. The van der Waals surface area contributed by atoms with Crippen LogP contribution in [0.2, 0.25) is 0 Å². The maximum absolute atomic E-state index is 12.5. The summed E-state index contributed by atoms with van der Waals surface area (Å²) < 4.78 is 30.6. The van der Waals surface area contributed by atoms with Crippen LogP contribution in [0.5, 0.6) is 0 Å². The van der Waals surface area contributed by atoms with Crippen molar-refractivity contribution in [2.45, 2.75) is 4.90 Å². The minimum absolute atomic E-state index is 0.0464. The maximum atomic E-state index is 12.5. The third-order valence-corrected chi connectivity index (χ3v) is 5.50. The van der Waals surface area contributed by atoms with Crippen LogP contribution in [0.3, 0.4) is 0 Å². The molecule has 0 aliphatic heterocycles. The van der Waals surface area contributed by atoms with E-state index in [0.29, 0.717) is 11.4 Å². The van der Waals surface area contributed by atoms with Crippen molar-refractivity contribution in [1.29, 1.82) is 0 Å². The number of carbonyl (C=O) groups is 1. The predicted octanol–water partition coefficient (Wildman–Crippen LogP) is 2.78. The second kappa shape index (κ2) is 7.70. The Bertz CT molecular complexity index is 1050. The normalized spacial score (nSPS) is 11.5. The lowest BCUT2D eigenvalue weighted by molar-refractivity contribution is -0.0258. The number of hydrogen-bond acceptors (Lipinski definition) is 6. The molecule has 0 unspecified atom stereocenters. The van der Waals surface area contributed by atoms with Gasteiger partial charge in [0.2, 0.25) is 0 Å². The molecule has 3 aromatic rings. The molecule has 0 aliphatic rings. The number of hydroxylamine groups is 1. The van der Waals surface area contributed by atoms with Crippen LogP contribution in [0.15, 0.2) is 70.4 Å². The summed E-state index contributed by atoms with van der Waals surface area (Å²) in [4.78, 5) is 21.1. The molecule has 2 aromatic carbocycles. The van der Waals surface area contributed by atoms with E-state index in [0.717, 1.165) is 10.0 Å². The monoisotopic (exact) mass is 387 g/mol. The Kier molecular flexibility index (Phi) is 5.36. The number of hydrogen-bond donors (Lipinski definition) is 1. The fourth-order valence-electron chi connectivity index (χ4n) is 2.36. The molecule has 0 radical (unpaired) electrons. The number of aromatic nitrogens is 1. The molecule has 0 saturated heterocycles. The number of nitrogens with one attached hydrogen (secondary N) is 1. The second-order valence-electron chi connectivity index (χ2n) is 5.53. The topological polar surface area (TPSA) is 102 Å². The SMILES string of the molecule is CON(C)S(=O)(=O)c1cccc(C(=O)Nc2cccc(-c3cnco3)c2)c1. The van der Waals surface area contributed by atoms with Gasteiger partial charge in [-0.15, -0.1) is 0 Å². The van der Waals surface area contributed by atoms with Crippen molar-refractivity contribution in [3.8, 4) is 11.3 Å². The molecule has 0 atom stereocenters. The zero-order valence-electron chi connectivity index (χ0n) is 14.6. The number of anilines is 1. The zero-order valence-corrected chi connectivity index (χ0v) is 15.4. The number of oxazole rings is 1. The summed E-state index contributed by atoms with van der Waals surface area (Å²) in [6, 6.07) is 12.8. The summed E-state index contributed by atoms with van der Waals surface area (Å²) in [6.45, 7) is 0. The molecule has 1 aromatic heterocycles. The Hall–Kier alpha value is -3.01. The molecule has 140 valence electrons. The molecule has 1 N–H and O–H groups in total. The molecule has 0 bridgehead atoms. The summed E-state index contributed by atoms with van der Waals surface area (Å²) in [7, 11) is -1.32. The van der Waals surface area contributed by atoms with E-state index in [2.05, 4.69) is 10.3 Å². The van der Waals surface area contributed by atoms with E-state index in [1.807, 2.05) is 6.07 Å². The number of nitrogens with zero attached hydrogens (tertiary/aromatic N) is 2. The van der Waals surface area contributed by atoms with Gasteiger partial charge >= 0.3 is 0 Å². The number of rotatable bonds is 6. The first-order valence-electron chi connectivity index (χ1n) is 7.85. The van der Waals surface area contributed by atoms with Crippen molar-refractivity contribution >= 4 is 21.6 Å². The molecule has 3 rings (SSSR count). The summed E-state index contributed by atoms with van der Waals surface area (Å²) in [5.41, 5.74) is 1.49. The van der Waals surface area contributed by atoms with Crippen LogP contribution >= 0.6 is 0 Å². The van der Waals surface area contributed by atoms with Gasteiger partial charge in [0.05, 0.1) is 18.2 Å². The van der Waals surface area contributed by atoms with Gasteiger partial charge in [0, 0.05) is 23.9 Å². The molecule has 0 saturated carbocycles. The summed E-state index contributed by atoms with van der Waals surface area (Å²) >= 11 is 0. The van der Waals surface area contributed by atoms with Crippen LogP contribution < -0.4 is 5.32 Å². The number of benzene rings is 2. The average molecular weight is 387 g/mol. The van der Waals surface area contributed by atoms with Gasteiger partial charge in [-0.1, -0.05) is 22.7 Å². The molecule has 1 heterocycles. The first-order chi connectivity index (χ1) is 12.9. The number of amides is 1. The van der Waals surface area contributed by atoms with Gasteiger partial charge in [-0.05, 0) is 30.3 Å². The summed E-state index contributed by atoms with van der Waals surface area (Å²) in [6.07, 6.45) is 2.89. The fourth-order valence-corrected chi connectivity index (χ4v) is 3.38. The van der Waals surface area contributed by atoms with E-state index in [9.17, 15) is 13.2 Å². The quantitative estimate of drug-likeness (QED) is 0.653. The molecule has 0 fully saturated rings. The highest BCUT2D eigenvalue weighted by atomic mass is 32.2. The molecule has 0 aliphatic carbocycles. The van der Waals surface area contributed by atoms with Gasteiger partial charge in [0.25, 0.3) is 15.9 Å². The van der Waals surface area contributed by atoms with E-state index >= 15 is 0 Å². The van der Waals surface area contributed by atoms with Crippen LogP contribution in [-0.4, -0.2) is 37.9 Å². The van der Waals surface area contributed by atoms with E-state index in [-0.39, 0.29) is 10.5 Å². The molecule has 9 heteroatoms. The van der Waals surface area contributed by atoms with Gasteiger partial charge in [-0.3, -0.25) is 9.63 Å². The van der Waals surface area contributed by atoms with E-state index in [4.69, 9.17) is 9.25 Å². The lowest BCUT2D eigenvalue weighted by atomic mass is 10.1. The van der Waals surface area contributed by atoms with Crippen LogP contribution in [0.1, 0.15) is 10.4 Å². The Morgan fingerprint density at radius 2 is 1.96 bits per heavy atom. The van der Waals surface area contributed by atoms with Crippen molar-refractivity contribution in [3.63, 3.8) is 0 Å². The number of carbonyl (C=O) groups excluding carboxylic acids is 1. The number of sulfonamides is 1. The first-order valence-corrected chi connectivity index (χ1v) is 9.29. The van der Waals surface area contributed by atoms with Crippen LogP contribution in [0.25, 0.3) is 11.3 Å². The second-order valence-corrected chi connectivity index (χ2v) is 7.46. The highest BCUT2D eigenvalue weighted by molar-refractivity contribution is 7.89. The van der Waals surface area contributed by atoms with Crippen molar-refractivity contribution < 1.29 is 22.5 Å². The van der Waals surface area contributed by atoms with Crippen molar-refractivity contribution in [1.82, 2.24) is 9.45 Å². The molecular formula is C18H17N3O5S. The van der Waals surface area contributed by atoms with E-state index < -0.39 is 15.9 Å². The van der Waals surface area contributed by atoms with Crippen molar-refractivity contribution in [2.75, 3.05) is 19.5 Å². The summed E-state index contributed by atoms with van der Waals surface area (Å²) in [5.74, 6) is 0.128. The Labute approximate surface area is 156 Å². The van der Waals surface area contributed by atoms with Crippen molar-refractivity contribution in [2.24, 2.45) is 0 Å². The molecule has 8 nitrogen and oxygen atoms in total. The maximum Gasteiger partial charge on any atom is 0.264 e. The third kappa shape index (κ3) is 4.05. The Morgan fingerprint density at radius 1 is 1.19 bits per heavy atom. The van der Waals surface area contributed by atoms with Crippen molar-refractivity contribution in [3.05, 3.63) is 66.7 Å². The molecule has 27 heavy (non-hydrogen) atoms. The van der Waals surface area contributed by atoms with Gasteiger partial charge < -0.3 is 9.73 Å². The van der Waals surface area contributed by atoms with Gasteiger partial charge in [0.1, 0.15) is 0 Å². The van der Waals surface area contributed by atoms with E-state index in [1.165, 1.54) is 44.8 Å². The molecule has 0 spiro atoms. The smallest absolute Gasteiger partial charge is 0.264 e. The largest absolute Gasteiger partial charge is 0.444 e. The predicted molar refractivity (Wildman–Crippen MR) is 98.3 cm³/mol. The molecule has 1 amide bonds. The van der Waals surface area contributed by atoms with E-state index in [1.54, 1.807) is 24.4 Å². The van der Waals surface area contributed by atoms with Gasteiger partial charge in [-0.2, -0.15) is 0 Å². The standard InChI is InChI=1S/C18H17N3O5S/c1-21(25-2)27(23,24)16-8-4-6-14(10-16)18(22)20-15-7-3-5-13(9-15)17-11-19-12-26-17/h3-12H,1-2H3,(H,20,22). The Morgan fingerprint density at radius 3 is 2.67 bits per heavy atom. The first kappa shape index (κ1) is 18.8. The van der Waals surface area contributed by atoms with Crippen LogP contribution in [-0.2, 0) is 14.9 Å². The average Bonchev–Trinajstić information content (AvgIpc) is 3.22. The highest BCUT2D eigenvalue weighted by Crippen LogP contribution is 2.23. The third-order valence-electron chi connectivity index (χ3n) is 3.83.